The average molecular weight is 351 g/mol. The van der Waals surface area contributed by atoms with E-state index in [1.807, 2.05) is 0 Å². The molecule has 130 valence electrons. The first-order chi connectivity index (χ1) is 11.1. The summed E-state index contributed by atoms with van der Waals surface area (Å²) in [4.78, 5) is 0. The van der Waals surface area contributed by atoms with Crippen LogP contribution < -0.4 is 0 Å². The van der Waals surface area contributed by atoms with Crippen molar-refractivity contribution in [2.24, 2.45) is 34.5 Å². The van der Waals surface area contributed by atoms with Crippen LogP contribution in [0.4, 0.5) is 0 Å². The van der Waals surface area contributed by atoms with E-state index in [2.05, 4.69) is 37.4 Å². The van der Waals surface area contributed by atoms with Gasteiger partial charge in [-0.1, -0.05) is 33.1 Å². The van der Waals surface area contributed by atoms with Gasteiger partial charge in [-0.2, -0.15) is 0 Å². The van der Waals surface area contributed by atoms with Crippen molar-refractivity contribution >= 4 is 23.5 Å². The summed E-state index contributed by atoms with van der Waals surface area (Å²) in [5.41, 5.74) is 1.35. The Balaban J connectivity index is 1.56. The van der Waals surface area contributed by atoms with Crippen LogP contribution in [0.15, 0.2) is 0 Å². The normalized spacial score (nSPS) is 54.5. The molecule has 4 aliphatic carbocycles. The molecule has 0 radical (unpaired) electrons. The van der Waals surface area contributed by atoms with Gasteiger partial charge in [0.1, 0.15) is 0 Å². The Morgan fingerprint density at radius 1 is 0.783 bits per heavy atom. The smallest absolute Gasteiger partial charge is 0.0670 e. The molecule has 4 saturated carbocycles. The molecule has 5 aliphatic rings. The quantitative estimate of drug-likeness (QED) is 0.483. The fraction of sp³-hybridized carbons (Fsp3) is 1.00. The maximum absolute atomic E-state index is 2.74. The van der Waals surface area contributed by atoms with E-state index in [1.54, 1.807) is 38.5 Å². The van der Waals surface area contributed by atoms with Gasteiger partial charge in [0.05, 0.1) is 4.08 Å². The summed E-state index contributed by atoms with van der Waals surface area (Å²) in [6.07, 6.45) is 15.5. The molecular formula is C21H34S2. The zero-order valence-electron chi connectivity index (χ0n) is 15.1. The van der Waals surface area contributed by atoms with E-state index >= 15 is 0 Å². The molecule has 0 amide bonds. The summed E-state index contributed by atoms with van der Waals surface area (Å²) < 4.78 is 0.595. The number of rotatable bonds is 0. The molecule has 1 spiro atoms. The third kappa shape index (κ3) is 2.00. The van der Waals surface area contributed by atoms with Crippen molar-refractivity contribution in [1.82, 2.24) is 0 Å². The highest BCUT2D eigenvalue weighted by molar-refractivity contribution is 8.21. The lowest BCUT2D eigenvalue weighted by atomic mass is 9.45. The zero-order chi connectivity index (χ0) is 15.7. The summed E-state index contributed by atoms with van der Waals surface area (Å²) >= 11 is 4.80. The highest BCUT2D eigenvalue weighted by Crippen LogP contribution is 2.74. The summed E-state index contributed by atoms with van der Waals surface area (Å²) in [6, 6.07) is 0. The Morgan fingerprint density at radius 3 is 2.43 bits per heavy atom. The lowest BCUT2D eigenvalue weighted by molar-refractivity contribution is -0.104. The van der Waals surface area contributed by atoms with Crippen molar-refractivity contribution in [3.63, 3.8) is 0 Å². The van der Waals surface area contributed by atoms with E-state index in [4.69, 9.17) is 0 Å². The van der Waals surface area contributed by atoms with E-state index in [1.165, 1.54) is 37.2 Å². The van der Waals surface area contributed by atoms with E-state index in [0.29, 0.717) is 14.9 Å². The predicted octanol–water partition coefficient (Wildman–Crippen LogP) is 6.60. The van der Waals surface area contributed by atoms with Gasteiger partial charge in [-0.15, -0.1) is 23.5 Å². The van der Waals surface area contributed by atoms with Crippen LogP contribution in [0.1, 0.15) is 78.1 Å². The van der Waals surface area contributed by atoms with Gasteiger partial charge in [0.15, 0.2) is 0 Å². The number of hydrogen-bond acceptors (Lipinski definition) is 2. The fourth-order valence-electron chi connectivity index (χ4n) is 8.12. The fourth-order valence-corrected chi connectivity index (χ4v) is 12.0. The van der Waals surface area contributed by atoms with Gasteiger partial charge >= 0.3 is 0 Å². The molecule has 0 nitrogen and oxygen atoms in total. The molecule has 0 aromatic heterocycles. The Bertz CT molecular complexity index is 482. The highest BCUT2D eigenvalue weighted by atomic mass is 32.2. The van der Waals surface area contributed by atoms with Crippen molar-refractivity contribution in [2.45, 2.75) is 82.1 Å². The third-order valence-electron chi connectivity index (χ3n) is 9.32. The number of thioether (sulfide) groups is 2. The van der Waals surface area contributed by atoms with Crippen molar-refractivity contribution in [1.29, 1.82) is 0 Å². The Hall–Kier alpha value is 0.700. The van der Waals surface area contributed by atoms with Crippen molar-refractivity contribution < 1.29 is 0 Å². The van der Waals surface area contributed by atoms with Gasteiger partial charge in [-0.25, -0.2) is 0 Å². The van der Waals surface area contributed by atoms with Gasteiger partial charge < -0.3 is 0 Å². The van der Waals surface area contributed by atoms with Crippen molar-refractivity contribution in [3.8, 4) is 0 Å². The highest BCUT2D eigenvalue weighted by Gasteiger charge is 2.66. The first-order valence-corrected chi connectivity index (χ1v) is 12.3. The molecule has 0 N–H and O–H groups in total. The van der Waals surface area contributed by atoms with Crippen LogP contribution in [-0.2, 0) is 0 Å². The zero-order valence-corrected chi connectivity index (χ0v) is 16.7. The Morgan fingerprint density at radius 2 is 1.61 bits per heavy atom. The van der Waals surface area contributed by atoms with E-state index in [-0.39, 0.29) is 0 Å². The summed E-state index contributed by atoms with van der Waals surface area (Å²) in [5.74, 6) is 7.09. The molecule has 0 aromatic carbocycles. The molecule has 23 heavy (non-hydrogen) atoms. The lowest BCUT2D eigenvalue weighted by Crippen LogP contribution is -2.59. The molecule has 1 heterocycles. The first kappa shape index (κ1) is 15.9. The molecule has 0 aromatic rings. The monoisotopic (exact) mass is 350 g/mol. The molecule has 6 atom stereocenters. The van der Waals surface area contributed by atoms with Gasteiger partial charge in [0.25, 0.3) is 0 Å². The van der Waals surface area contributed by atoms with Crippen LogP contribution >= 0.6 is 23.5 Å². The molecule has 2 heteroatoms. The van der Waals surface area contributed by atoms with Gasteiger partial charge in [-0.05, 0) is 79.4 Å². The second kappa shape index (κ2) is 5.35. The molecule has 1 saturated heterocycles. The molecule has 0 bridgehead atoms. The molecule has 5 rings (SSSR count). The van der Waals surface area contributed by atoms with Crippen LogP contribution in [0, 0.1) is 34.5 Å². The maximum Gasteiger partial charge on any atom is 0.0670 e. The predicted molar refractivity (Wildman–Crippen MR) is 104 cm³/mol. The van der Waals surface area contributed by atoms with E-state index in [0.717, 1.165) is 23.7 Å². The molecule has 5 fully saturated rings. The van der Waals surface area contributed by atoms with Gasteiger partial charge in [0, 0.05) is 11.5 Å². The van der Waals surface area contributed by atoms with Gasteiger partial charge in [0.2, 0.25) is 0 Å². The van der Waals surface area contributed by atoms with Crippen LogP contribution in [-0.4, -0.2) is 15.6 Å². The van der Waals surface area contributed by atoms with Crippen LogP contribution in [0.2, 0.25) is 0 Å². The van der Waals surface area contributed by atoms with Crippen LogP contribution in [0.5, 0.6) is 0 Å². The van der Waals surface area contributed by atoms with E-state index in [9.17, 15) is 0 Å². The largest absolute Gasteiger partial charge is 0.143 e. The minimum atomic E-state index is 0.595. The molecule has 1 aliphatic heterocycles. The number of fused-ring (bicyclic) bond motifs is 6. The van der Waals surface area contributed by atoms with Gasteiger partial charge in [-0.3, -0.25) is 0 Å². The first-order valence-electron chi connectivity index (χ1n) is 10.4. The summed E-state index contributed by atoms with van der Waals surface area (Å²) in [5, 5.41) is 0. The van der Waals surface area contributed by atoms with E-state index < -0.39 is 0 Å². The second-order valence-corrected chi connectivity index (χ2v) is 12.9. The standard InChI is InChI=1S/C21H34S2/c1-19-10-4-3-6-15(19)8-9-16-17-7-5-11-20(17,2)21(14-18(16)19)22-12-13-23-21/h15-18H,3-14H2,1-2H3. The van der Waals surface area contributed by atoms with Crippen LogP contribution in [0.25, 0.3) is 0 Å². The average Bonchev–Trinajstić information content (AvgIpc) is 3.17. The Labute approximate surface area is 151 Å². The topological polar surface area (TPSA) is 0 Å². The van der Waals surface area contributed by atoms with Crippen molar-refractivity contribution in [3.05, 3.63) is 0 Å². The SMILES string of the molecule is CC12CCCCC1CCC1C2CC2(SCCS2)C2(C)CCCC12. The second-order valence-electron chi connectivity index (χ2n) is 9.87. The molecule has 6 unspecified atom stereocenters. The number of hydrogen-bond donors (Lipinski definition) is 0. The van der Waals surface area contributed by atoms with Crippen molar-refractivity contribution in [2.75, 3.05) is 11.5 Å². The minimum absolute atomic E-state index is 0.595. The minimum Gasteiger partial charge on any atom is -0.143 e. The summed E-state index contributed by atoms with van der Waals surface area (Å²) in [7, 11) is 0. The maximum atomic E-state index is 2.74. The summed E-state index contributed by atoms with van der Waals surface area (Å²) in [6.45, 7) is 5.46. The third-order valence-corrected chi connectivity index (χ3v) is 13.3. The lowest BCUT2D eigenvalue weighted by Gasteiger charge is -2.64. The Kier molecular flexibility index (Phi) is 3.70. The molecular weight excluding hydrogens is 316 g/mol. The van der Waals surface area contributed by atoms with Crippen LogP contribution in [0.3, 0.4) is 0 Å².